The maximum Gasteiger partial charge on any atom is 0.119 e. The van der Waals surface area contributed by atoms with Crippen molar-refractivity contribution in [2.75, 3.05) is 19.8 Å². The molecular weight excluding hydrogens is 250 g/mol. The van der Waals surface area contributed by atoms with Crippen molar-refractivity contribution in [2.24, 2.45) is 5.92 Å². The first-order chi connectivity index (χ1) is 9.74. The Morgan fingerprint density at radius 3 is 2.55 bits per heavy atom. The Balaban J connectivity index is 1.70. The Bertz CT molecular complexity index is 369. The Morgan fingerprint density at radius 1 is 1.20 bits per heavy atom. The van der Waals surface area contributed by atoms with E-state index in [1.165, 1.54) is 5.56 Å². The van der Waals surface area contributed by atoms with Gasteiger partial charge in [-0.25, -0.2) is 0 Å². The van der Waals surface area contributed by atoms with Gasteiger partial charge in [-0.1, -0.05) is 26.0 Å². The lowest BCUT2D eigenvalue weighted by Gasteiger charge is -2.23. The van der Waals surface area contributed by atoms with Crippen LogP contribution in [0.15, 0.2) is 24.3 Å². The summed E-state index contributed by atoms with van der Waals surface area (Å²) in [5, 5.41) is 3.59. The highest BCUT2D eigenvalue weighted by Crippen LogP contribution is 2.14. The smallest absolute Gasteiger partial charge is 0.119 e. The fourth-order valence-electron chi connectivity index (χ4n) is 2.28. The van der Waals surface area contributed by atoms with Crippen molar-refractivity contribution >= 4 is 0 Å². The first-order valence-electron chi connectivity index (χ1n) is 7.77. The molecule has 0 radical (unpaired) electrons. The zero-order valence-electron chi connectivity index (χ0n) is 12.7. The van der Waals surface area contributed by atoms with E-state index in [1.54, 1.807) is 0 Å². The van der Waals surface area contributed by atoms with Crippen LogP contribution < -0.4 is 10.1 Å². The molecule has 0 saturated carbocycles. The van der Waals surface area contributed by atoms with E-state index in [4.69, 9.17) is 9.47 Å². The summed E-state index contributed by atoms with van der Waals surface area (Å²) < 4.78 is 11.1. The molecule has 0 aromatic heterocycles. The third-order valence-corrected chi connectivity index (χ3v) is 3.70. The second-order valence-corrected chi connectivity index (χ2v) is 5.94. The molecule has 0 aliphatic carbocycles. The average Bonchev–Trinajstić information content (AvgIpc) is 2.47. The maximum atomic E-state index is 5.73. The second-order valence-electron chi connectivity index (χ2n) is 5.94. The van der Waals surface area contributed by atoms with Gasteiger partial charge >= 0.3 is 0 Å². The molecule has 1 heterocycles. The van der Waals surface area contributed by atoms with Crippen molar-refractivity contribution in [1.82, 2.24) is 5.32 Å². The molecule has 3 heteroatoms. The van der Waals surface area contributed by atoms with Gasteiger partial charge in [0.1, 0.15) is 5.75 Å². The monoisotopic (exact) mass is 277 g/mol. The van der Waals surface area contributed by atoms with Crippen LogP contribution in [-0.2, 0) is 11.3 Å². The van der Waals surface area contributed by atoms with E-state index in [0.29, 0.717) is 12.0 Å². The molecule has 20 heavy (non-hydrogen) atoms. The minimum Gasteiger partial charge on any atom is -0.494 e. The van der Waals surface area contributed by atoms with E-state index in [-0.39, 0.29) is 0 Å². The molecule has 0 unspecified atom stereocenters. The van der Waals surface area contributed by atoms with Gasteiger partial charge in [0, 0.05) is 25.8 Å². The summed E-state index contributed by atoms with van der Waals surface area (Å²) in [6.07, 6.45) is 3.35. The maximum absolute atomic E-state index is 5.73. The fourth-order valence-corrected chi connectivity index (χ4v) is 2.28. The Kier molecular flexibility index (Phi) is 6.34. The predicted molar refractivity (Wildman–Crippen MR) is 82.1 cm³/mol. The number of nitrogens with one attached hydrogen (secondary N) is 1. The number of hydrogen-bond donors (Lipinski definition) is 1. The van der Waals surface area contributed by atoms with Gasteiger partial charge in [-0.15, -0.1) is 0 Å². The van der Waals surface area contributed by atoms with Crippen LogP contribution >= 0.6 is 0 Å². The van der Waals surface area contributed by atoms with E-state index in [0.717, 1.165) is 51.4 Å². The quantitative estimate of drug-likeness (QED) is 0.829. The summed E-state index contributed by atoms with van der Waals surface area (Å²) >= 11 is 0. The lowest BCUT2D eigenvalue weighted by atomic mass is 10.1. The molecule has 2 rings (SSSR count). The van der Waals surface area contributed by atoms with Crippen LogP contribution in [-0.4, -0.2) is 25.9 Å². The average molecular weight is 277 g/mol. The number of rotatable bonds is 7. The van der Waals surface area contributed by atoms with Crippen molar-refractivity contribution < 1.29 is 9.47 Å². The van der Waals surface area contributed by atoms with Gasteiger partial charge in [-0.3, -0.25) is 0 Å². The molecule has 1 N–H and O–H groups in total. The molecule has 1 saturated heterocycles. The third-order valence-electron chi connectivity index (χ3n) is 3.70. The third kappa shape index (κ3) is 5.51. The highest BCUT2D eigenvalue weighted by Gasteiger charge is 2.12. The molecule has 1 aromatic rings. The largest absolute Gasteiger partial charge is 0.494 e. The predicted octanol–water partition coefficient (Wildman–Crippen LogP) is 3.38. The van der Waals surface area contributed by atoms with Crippen LogP contribution in [0.5, 0.6) is 5.75 Å². The highest BCUT2D eigenvalue weighted by atomic mass is 16.5. The zero-order valence-corrected chi connectivity index (χ0v) is 12.7. The van der Waals surface area contributed by atoms with Gasteiger partial charge in [0.2, 0.25) is 0 Å². The van der Waals surface area contributed by atoms with Gasteiger partial charge in [-0.05, 0) is 42.9 Å². The SMILES string of the molecule is CC(C)CCOc1ccc(CNC2CCOCC2)cc1. The van der Waals surface area contributed by atoms with Gasteiger partial charge in [0.25, 0.3) is 0 Å². The van der Waals surface area contributed by atoms with Crippen molar-refractivity contribution in [3.05, 3.63) is 29.8 Å². The second kappa shape index (κ2) is 8.28. The molecule has 1 aliphatic heterocycles. The minimum absolute atomic E-state index is 0.603. The lowest BCUT2D eigenvalue weighted by Crippen LogP contribution is -2.34. The van der Waals surface area contributed by atoms with Crippen LogP contribution in [0.3, 0.4) is 0 Å². The number of hydrogen-bond acceptors (Lipinski definition) is 3. The first-order valence-corrected chi connectivity index (χ1v) is 7.77. The summed E-state index contributed by atoms with van der Waals surface area (Å²) in [7, 11) is 0. The zero-order chi connectivity index (χ0) is 14.2. The molecule has 3 nitrogen and oxygen atoms in total. The van der Waals surface area contributed by atoms with E-state index < -0.39 is 0 Å². The topological polar surface area (TPSA) is 30.5 Å². The molecule has 112 valence electrons. The van der Waals surface area contributed by atoms with Gasteiger partial charge in [0.15, 0.2) is 0 Å². The molecule has 1 fully saturated rings. The number of benzene rings is 1. The van der Waals surface area contributed by atoms with Gasteiger partial charge < -0.3 is 14.8 Å². The summed E-state index contributed by atoms with van der Waals surface area (Å²) in [5.41, 5.74) is 1.31. The van der Waals surface area contributed by atoms with Crippen LogP contribution in [0.4, 0.5) is 0 Å². The van der Waals surface area contributed by atoms with Gasteiger partial charge in [0.05, 0.1) is 6.61 Å². The van der Waals surface area contributed by atoms with Crippen molar-refractivity contribution in [3.63, 3.8) is 0 Å². The van der Waals surface area contributed by atoms with Crippen LogP contribution in [0.1, 0.15) is 38.7 Å². The van der Waals surface area contributed by atoms with E-state index in [2.05, 4.69) is 43.4 Å². The first kappa shape index (κ1) is 15.3. The molecular formula is C17H27NO2. The van der Waals surface area contributed by atoms with Crippen LogP contribution in [0, 0.1) is 5.92 Å². The van der Waals surface area contributed by atoms with Crippen molar-refractivity contribution in [3.8, 4) is 5.75 Å². The van der Waals surface area contributed by atoms with E-state index >= 15 is 0 Å². The fraction of sp³-hybridized carbons (Fsp3) is 0.647. The molecule has 1 aliphatic rings. The Morgan fingerprint density at radius 2 is 1.90 bits per heavy atom. The Hall–Kier alpha value is -1.06. The number of ether oxygens (including phenoxy) is 2. The molecule has 0 spiro atoms. The molecule has 0 bridgehead atoms. The van der Waals surface area contributed by atoms with E-state index in [1.807, 2.05) is 0 Å². The van der Waals surface area contributed by atoms with Gasteiger partial charge in [-0.2, -0.15) is 0 Å². The Labute approximate surface area is 122 Å². The summed E-state index contributed by atoms with van der Waals surface area (Å²) in [6.45, 7) is 7.94. The lowest BCUT2D eigenvalue weighted by molar-refractivity contribution is 0.0776. The summed E-state index contributed by atoms with van der Waals surface area (Å²) in [6, 6.07) is 9.04. The van der Waals surface area contributed by atoms with Crippen molar-refractivity contribution in [2.45, 2.75) is 45.7 Å². The normalized spacial score (nSPS) is 16.6. The minimum atomic E-state index is 0.603. The van der Waals surface area contributed by atoms with Crippen LogP contribution in [0.25, 0.3) is 0 Å². The molecule has 0 atom stereocenters. The van der Waals surface area contributed by atoms with Crippen molar-refractivity contribution in [1.29, 1.82) is 0 Å². The summed E-state index contributed by atoms with van der Waals surface area (Å²) in [5.74, 6) is 1.67. The standard InChI is InChI=1S/C17H27NO2/c1-14(2)7-12-20-17-5-3-15(4-6-17)13-18-16-8-10-19-11-9-16/h3-6,14,16,18H,7-13H2,1-2H3. The molecule has 1 aromatic carbocycles. The summed E-state index contributed by atoms with van der Waals surface area (Å²) in [4.78, 5) is 0. The van der Waals surface area contributed by atoms with Crippen LogP contribution in [0.2, 0.25) is 0 Å². The van der Waals surface area contributed by atoms with E-state index in [9.17, 15) is 0 Å². The highest BCUT2D eigenvalue weighted by molar-refractivity contribution is 5.27. The molecule has 0 amide bonds.